The van der Waals surface area contributed by atoms with Crippen LogP contribution in [-0.2, 0) is 0 Å². The van der Waals surface area contributed by atoms with Crippen LogP contribution in [0.1, 0.15) is 25.8 Å². The van der Waals surface area contributed by atoms with Gasteiger partial charge in [0.25, 0.3) is 5.56 Å². The molecule has 0 amide bonds. The summed E-state index contributed by atoms with van der Waals surface area (Å²) in [5, 5.41) is 4.30. The largest absolute Gasteiger partial charge is 0.481 e. The van der Waals surface area contributed by atoms with Crippen molar-refractivity contribution in [3.05, 3.63) is 57.5 Å². The van der Waals surface area contributed by atoms with Crippen molar-refractivity contribution in [2.24, 2.45) is 0 Å². The second-order valence-corrected chi connectivity index (χ2v) is 6.42. The van der Waals surface area contributed by atoms with Crippen LogP contribution in [0.3, 0.4) is 0 Å². The number of hydrogen-bond donors (Lipinski definition) is 3. The summed E-state index contributed by atoms with van der Waals surface area (Å²) in [6.07, 6.45) is 5.11. The van der Waals surface area contributed by atoms with Crippen molar-refractivity contribution in [1.82, 2.24) is 19.9 Å². The number of nitrogens with zero attached hydrogens (tertiary/aromatic N) is 2. The summed E-state index contributed by atoms with van der Waals surface area (Å²) in [6, 6.07) is 3.32. The SMILES string of the molecule is CC/C(Cl)=C\C(=C(/C)F)c1cc(Nc2ncnc3[nH]ccc23)c(OC)[nH]c1=O. The Hall–Kier alpha value is -3.13. The first-order valence-electron chi connectivity index (χ1n) is 8.53. The molecule has 3 heterocycles. The van der Waals surface area contributed by atoms with Gasteiger partial charge in [0, 0.05) is 16.8 Å². The number of hydrogen-bond acceptors (Lipinski definition) is 5. The van der Waals surface area contributed by atoms with Gasteiger partial charge in [0.15, 0.2) is 0 Å². The Morgan fingerprint density at radius 3 is 2.89 bits per heavy atom. The maximum Gasteiger partial charge on any atom is 0.258 e. The van der Waals surface area contributed by atoms with Gasteiger partial charge in [-0.2, -0.15) is 0 Å². The molecule has 146 valence electrons. The maximum atomic E-state index is 14.2. The first kappa shape index (κ1) is 19.6. The molecular formula is C19H19ClFN5O2. The van der Waals surface area contributed by atoms with Gasteiger partial charge >= 0.3 is 0 Å². The molecule has 3 rings (SSSR count). The molecule has 0 aromatic carbocycles. The fourth-order valence-electron chi connectivity index (χ4n) is 2.69. The predicted molar refractivity (Wildman–Crippen MR) is 109 cm³/mol. The minimum Gasteiger partial charge on any atom is -0.481 e. The van der Waals surface area contributed by atoms with Gasteiger partial charge in [-0.25, -0.2) is 14.4 Å². The highest BCUT2D eigenvalue weighted by atomic mass is 35.5. The summed E-state index contributed by atoms with van der Waals surface area (Å²) < 4.78 is 19.5. The Kier molecular flexibility index (Phi) is 5.79. The molecule has 0 atom stereocenters. The Balaban J connectivity index is 2.14. The van der Waals surface area contributed by atoms with Crippen LogP contribution in [-0.4, -0.2) is 27.0 Å². The Morgan fingerprint density at radius 1 is 1.43 bits per heavy atom. The molecule has 0 aliphatic heterocycles. The number of aromatic amines is 2. The maximum absolute atomic E-state index is 14.2. The number of H-pyrrole nitrogens is 2. The van der Waals surface area contributed by atoms with E-state index in [0.717, 1.165) is 5.39 Å². The smallest absolute Gasteiger partial charge is 0.258 e. The van der Waals surface area contributed by atoms with Crippen LogP contribution in [0, 0.1) is 0 Å². The predicted octanol–water partition coefficient (Wildman–Crippen LogP) is 4.63. The van der Waals surface area contributed by atoms with Crippen molar-refractivity contribution < 1.29 is 9.13 Å². The zero-order valence-corrected chi connectivity index (χ0v) is 16.3. The van der Waals surface area contributed by atoms with Gasteiger partial charge < -0.3 is 15.0 Å². The minimum absolute atomic E-state index is 0.105. The number of halogens is 2. The van der Waals surface area contributed by atoms with E-state index in [2.05, 4.69) is 25.3 Å². The van der Waals surface area contributed by atoms with E-state index >= 15 is 0 Å². The fraction of sp³-hybridized carbons (Fsp3) is 0.211. The molecule has 0 saturated heterocycles. The zero-order chi connectivity index (χ0) is 20.3. The normalized spacial score (nSPS) is 12.8. The van der Waals surface area contributed by atoms with Gasteiger partial charge in [-0.3, -0.25) is 9.78 Å². The lowest BCUT2D eigenvalue weighted by molar-refractivity contribution is 0.399. The van der Waals surface area contributed by atoms with E-state index in [9.17, 15) is 9.18 Å². The van der Waals surface area contributed by atoms with Crippen LogP contribution in [0.4, 0.5) is 15.9 Å². The topological polar surface area (TPSA) is 95.7 Å². The number of pyridine rings is 1. The summed E-state index contributed by atoms with van der Waals surface area (Å²) in [5.74, 6) is 0.174. The van der Waals surface area contributed by atoms with Gasteiger partial charge in [0.05, 0.1) is 18.1 Å². The number of ether oxygens (including phenoxy) is 1. The molecule has 0 fully saturated rings. The van der Waals surface area contributed by atoms with E-state index in [1.807, 2.05) is 13.0 Å². The van der Waals surface area contributed by atoms with Crippen molar-refractivity contribution in [3.63, 3.8) is 0 Å². The number of methoxy groups -OCH3 is 1. The third-order valence-corrected chi connectivity index (χ3v) is 4.49. The molecule has 0 aliphatic rings. The van der Waals surface area contributed by atoms with Crippen molar-refractivity contribution in [1.29, 1.82) is 0 Å². The highest BCUT2D eigenvalue weighted by molar-refractivity contribution is 6.30. The lowest BCUT2D eigenvalue weighted by atomic mass is 10.1. The van der Waals surface area contributed by atoms with Gasteiger partial charge in [-0.05, 0) is 31.6 Å². The van der Waals surface area contributed by atoms with Crippen LogP contribution in [0.25, 0.3) is 16.6 Å². The summed E-state index contributed by atoms with van der Waals surface area (Å²) in [5.41, 5.74) is 0.792. The van der Waals surface area contributed by atoms with Gasteiger partial charge in [-0.15, -0.1) is 0 Å². The summed E-state index contributed by atoms with van der Waals surface area (Å²) in [7, 11) is 1.42. The molecule has 9 heteroatoms. The highest BCUT2D eigenvalue weighted by Crippen LogP contribution is 2.31. The van der Waals surface area contributed by atoms with E-state index in [0.29, 0.717) is 28.6 Å². The van der Waals surface area contributed by atoms with Gasteiger partial charge in [-0.1, -0.05) is 18.5 Å². The third kappa shape index (κ3) is 3.91. The molecule has 0 radical (unpaired) electrons. The highest BCUT2D eigenvalue weighted by Gasteiger charge is 2.16. The summed E-state index contributed by atoms with van der Waals surface area (Å²) in [6.45, 7) is 3.11. The number of aromatic nitrogens is 4. The molecule has 0 aliphatic carbocycles. The number of fused-ring (bicyclic) bond motifs is 1. The third-order valence-electron chi connectivity index (χ3n) is 4.12. The lowest BCUT2D eigenvalue weighted by Crippen LogP contribution is -2.14. The average molecular weight is 404 g/mol. The zero-order valence-electron chi connectivity index (χ0n) is 15.6. The van der Waals surface area contributed by atoms with E-state index in [4.69, 9.17) is 16.3 Å². The second-order valence-electron chi connectivity index (χ2n) is 5.94. The molecule has 0 unspecified atom stereocenters. The summed E-state index contributed by atoms with van der Waals surface area (Å²) >= 11 is 6.07. The van der Waals surface area contributed by atoms with Crippen LogP contribution < -0.4 is 15.6 Å². The van der Waals surface area contributed by atoms with Gasteiger partial charge in [0.1, 0.15) is 29.3 Å². The van der Waals surface area contributed by atoms with Crippen molar-refractivity contribution in [2.45, 2.75) is 20.3 Å². The molecule has 0 bridgehead atoms. The van der Waals surface area contributed by atoms with Crippen LogP contribution in [0.5, 0.6) is 5.88 Å². The first-order valence-corrected chi connectivity index (χ1v) is 8.91. The molecular weight excluding hydrogens is 385 g/mol. The fourth-order valence-corrected chi connectivity index (χ4v) is 2.80. The molecule has 0 spiro atoms. The molecule has 3 aromatic heterocycles. The quantitative estimate of drug-likeness (QED) is 0.521. The van der Waals surface area contributed by atoms with Crippen LogP contribution in [0.2, 0.25) is 0 Å². The first-order chi connectivity index (χ1) is 13.4. The van der Waals surface area contributed by atoms with Crippen LogP contribution in [0.15, 0.2) is 46.4 Å². The molecule has 3 aromatic rings. The van der Waals surface area contributed by atoms with Gasteiger partial charge in [0.2, 0.25) is 5.88 Å². The molecule has 7 nitrogen and oxygen atoms in total. The van der Waals surface area contributed by atoms with E-state index in [-0.39, 0.29) is 17.0 Å². The van der Waals surface area contributed by atoms with Crippen LogP contribution >= 0.6 is 11.6 Å². The van der Waals surface area contributed by atoms with E-state index in [1.54, 1.807) is 6.20 Å². The van der Waals surface area contributed by atoms with E-state index in [1.165, 1.54) is 32.5 Å². The summed E-state index contributed by atoms with van der Waals surface area (Å²) in [4.78, 5) is 26.5. The number of rotatable bonds is 6. The number of nitrogens with one attached hydrogen (secondary N) is 3. The number of anilines is 2. The Bertz CT molecular complexity index is 1130. The Labute approximate surface area is 165 Å². The standard InChI is InChI=1S/C19H19ClFN5O2/c1-4-11(20)7-13(10(2)21)14-8-15(19(28-3)26-18(14)27)25-17-12-5-6-22-16(12)23-9-24-17/h5-9H,4H2,1-3H3,(H,26,27)(H2,22,23,24,25)/b11-7+,13-10-. The monoisotopic (exact) mass is 403 g/mol. The van der Waals surface area contributed by atoms with Crippen molar-refractivity contribution >= 4 is 39.7 Å². The average Bonchev–Trinajstić information content (AvgIpc) is 3.16. The Morgan fingerprint density at radius 2 is 2.21 bits per heavy atom. The van der Waals surface area contributed by atoms with E-state index < -0.39 is 11.4 Å². The minimum atomic E-state index is -0.525. The molecule has 3 N–H and O–H groups in total. The van der Waals surface area contributed by atoms with Crippen molar-refractivity contribution in [3.8, 4) is 5.88 Å². The lowest BCUT2D eigenvalue weighted by Gasteiger charge is -2.13. The molecule has 0 saturated carbocycles. The second kappa shape index (κ2) is 8.26. The van der Waals surface area contributed by atoms with Crippen molar-refractivity contribution in [2.75, 3.05) is 12.4 Å². The molecule has 28 heavy (non-hydrogen) atoms. The number of allylic oxidation sites excluding steroid dienone is 4.